The lowest BCUT2D eigenvalue weighted by atomic mass is 10.3. The Bertz CT molecular complexity index is 521. The molecule has 0 spiro atoms. The van der Waals surface area contributed by atoms with Gasteiger partial charge in [0.05, 0.1) is 0 Å². The van der Waals surface area contributed by atoms with E-state index in [0.29, 0.717) is 0 Å². The monoisotopic (exact) mass is 298 g/mol. The molecule has 2 N–H and O–H groups in total. The Morgan fingerprint density at radius 3 is 1.29 bits per heavy atom. The van der Waals surface area contributed by atoms with Crippen LogP contribution in [0.5, 0.6) is 0 Å². The van der Waals surface area contributed by atoms with Crippen molar-refractivity contribution in [2.24, 2.45) is 0 Å². The number of rotatable bonds is 6. The van der Waals surface area contributed by atoms with Gasteiger partial charge in [0.15, 0.2) is 0 Å². The van der Waals surface area contributed by atoms with Crippen molar-refractivity contribution < 1.29 is 0 Å². The molecular formula is C18H19ClN2. The Kier molecular flexibility index (Phi) is 8.18. The van der Waals surface area contributed by atoms with Gasteiger partial charge in [0.2, 0.25) is 0 Å². The molecule has 108 valence electrons. The minimum Gasteiger partial charge on any atom is -0.362 e. The number of hydrogen-bond acceptors (Lipinski definition) is 2. The highest BCUT2D eigenvalue weighted by atomic mass is 35.5. The van der Waals surface area contributed by atoms with Gasteiger partial charge in [-0.3, -0.25) is 0 Å². The van der Waals surface area contributed by atoms with Gasteiger partial charge in [0.1, 0.15) is 0 Å². The summed E-state index contributed by atoms with van der Waals surface area (Å²) >= 11 is 0. The van der Waals surface area contributed by atoms with Crippen molar-refractivity contribution in [2.45, 2.75) is 0 Å². The summed E-state index contributed by atoms with van der Waals surface area (Å²) in [5, 5.41) is 6.38. The van der Waals surface area contributed by atoms with Crippen LogP contribution in [0.2, 0.25) is 0 Å². The summed E-state index contributed by atoms with van der Waals surface area (Å²) in [6, 6.07) is 20.1. The van der Waals surface area contributed by atoms with Crippen molar-refractivity contribution in [3.63, 3.8) is 0 Å². The van der Waals surface area contributed by atoms with E-state index >= 15 is 0 Å². The van der Waals surface area contributed by atoms with E-state index in [2.05, 4.69) is 10.6 Å². The lowest BCUT2D eigenvalue weighted by Gasteiger charge is -1.97. The lowest BCUT2D eigenvalue weighted by molar-refractivity contribution is 1.57. The predicted octanol–water partition coefficient (Wildman–Crippen LogP) is 5.22. The molecule has 2 aromatic carbocycles. The summed E-state index contributed by atoms with van der Waals surface area (Å²) in [4.78, 5) is 0. The molecule has 2 aromatic rings. The minimum absolute atomic E-state index is 0. The fourth-order valence-corrected chi connectivity index (χ4v) is 1.60. The zero-order valence-corrected chi connectivity index (χ0v) is 12.5. The number of allylic oxidation sites excluding steroid dienone is 4. The van der Waals surface area contributed by atoms with Crippen LogP contribution in [0.25, 0.3) is 0 Å². The zero-order chi connectivity index (χ0) is 13.9. The topological polar surface area (TPSA) is 24.1 Å². The van der Waals surface area contributed by atoms with E-state index in [0.717, 1.165) is 11.4 Å². The number of para-hydroxylation sites is 2. The molecule has 0 aliphatic heterocycles. The Hall–Kier alpha value is -2.45. The first-order chi connectivity index (χ1) is 9.95. The third kappa shape index (κ3) is 7.04. The van der Waals surface area contributed by atoms with Crippen molar-refractivity contribution in [2.75, 3.05) is 10.6 Å². The molecular weight excluding hydrogens is 280 g/mol. The van der Waals surface area contributed by atoms with E-state index in [4.69, 9.17) is 0 Å². The van der Waals surface area contributed by atoms with Gasteiger partial charge in [-0.05, 0) is 36.4 Å². The van der Waals surface area contributed by atoms with Gasteiger partial charge in [-0.2, -0.15) is 0 Å². The molecule has 0 fully saturated rings. The molecule has 0 radical (unpaired) electrons. The van der Waals surface area contributed by atoms with E-state index in [1.165, 1.54) is 0 Å². The highest BCUT2D eigenvalue weighted by molar-refractivity contribution is 5.85. The average Bonchev–Trinajstić information content (AvgIpc) is 2.52. The van der Waals surface area contributed by atoms with Crippen LogP contribution in [0.4, 0.5) is 11.4 Å². The fourth-order valence-electron chi connectivity index (χ4n) is 1.60. The standard InChI is InChI=1S/C18H18N2.ClH/c1(9-15-19-17-11-5-3-6-12-17)2-10-16-20-18-13-7-4-8-14-18;/h1-16,19-20H;1H. The number of halogens is 1. The maximum Gasteiger partial charge on any atom is 0.0379 e. The van der Waals surface area contributed by atoms with Crippen molar-refractivity contribution in [1.82, 2.24) is 0 Å². The van der Waals surface area contributed by atoms with Crippen LogP contribution in [-0.2, 0) is 0 Å². The normalized spacial score (nSPS) is 10.9. The number of hydrogen-bond donors (Lipinski definition) is 2. The molecule has 0 saturated heterocycles. The Labute approximate surface area is 132 Å². The summed E-state index contributed by atoms with van der Waals surface area (Å²) < 4.78 is 0. The molecule has 0 aliphatic rings. The van der Waals surface area contributed by atoms with Crippen LogP contribution in [0.15, 0.2) is 97.4 Å². The molecule has 3 heteroatoms. The Morgan fingerprint density at radius 2 is 0.905 bits per heavy atom. The van der Waals surface area contributed by atoms with Crippen LogP contribution in [0.3, 0.4) is 0 Å². The van der Waals surface area contributed by atoms with Crippen molar-refractivity contribution in [1.29, 1.82) is 0 Å². The molecule has 0 heterocycles. The van der Waals surface area contributed by atoms with Crippen LogP contribution in [0, 0.1) is 0 Å². The highest BCUT2D eigenvalue weighted by Gasteiger charge is 1.82. The van der Waals surface area contributed by atoms with Gasteiger partial charge in [0.25, 0.3) is 0 Å². The summed E-state index contributed by atoms with van der Waals surface area (Å²) in [6.07, 6.45) is 11.7. The van der Waals surface area contributed by atoms with Crippen molar-refractivity contribution >= 4 is 23.8 Å². The summed E-state index contributed by atoms with van der Waals surface area (Å²) in [6.45, 7) is 0. The first kappa shape index (κ1) is 16.6. The largest absolute Gasteiger partial charge is 0.362 e. The first-order valence-electron chi connectivity index (χ1n) is 6.57. The quantitative estimate of drug-likeness (QED) is 0.715. The predicted molar refractivity (Wildman–Crippen MR) is 94.8 cm³/mol. The van der Waals surface area contributed by atoms with E-state index in [1.54, 1.807) is 0 Å². The molecule has 0 bridgehead atoms. The van der Waals surface area contributed by atoms with Gasteiger partial charge in [0, 0.05) is 23.8 Å². The van der Waals surface area contributed by atoms with Crippen LogP contribution in [0.1, 0.15) is 0 Å². The van der Waals surface area contributed by atoms with Gasteiger partial charge >= 0.3 is 0 Å². The van der Waals surface area contributed by atoms with Crippen LogP contribution in [-0.4, -0.2) is 0 Å². The maximum absolute atomic E-state index is 3.19. The number of anilines is 2. The molecule has 0 amide bonds. The van der Waals surface area contributed by atoms with E-state index in [9.17, 15) is 0 Å². The number of benzene rings is 2. The van der Waals surface area contributed by atoms with E-state index in [-0.39, 0.29) is 12.4 Å². The van der Waals surface area contributed by atoms with E-state index in [1.807, 2.05) is 97.4 Å². The molecule has 0 aliphatic carbocycles. The molecule has 0 unspecified atom stereocenters. The first-order valence-corrected chi connectivity index (χ1v) is 6.57. The molecule has 0 aromatic heterocycles. The highest BCUT2D eigenvalue weighted by Crippen LogP contribution is 2.05. The van der Waals surface area contributed by atoms with Crippen molar-refractivity contribution in [3.05, 3.63) is 97.4 Å². The molecule has 2 nitrogen and oxygen atoms in total. The Morgan fingerprint density at radius 1 is 0.524 bits per heavy atom. The van der Waals surface area contributed by atoms with Gasteiger partial charge in [-0.15, -0.1) is 12.4 Å². The van der Waals surface area contributed by atoms with E-state index < -0.39 is 0 Å². The van der Waals surface area contributed by atoms with Crippen LogP contribution >= 0.6 is 12.4 Å². The molecule has 0 saturated carbocycles. The summed E-state index contributed by atoms with van der Waals surface area (Å²) in [5.74, 6) is 0. The molecule has 0 atom stereocenters. The second-order valence-corrected chi connectivity index (χ2v) is 4.12. The minimum atomic E-state index is 0. The smallest absolute Gasteiger partial charge is 0.0379 e. The fraction of sp³-hybridized carbons (Fsp3) is 0. The summed E-state index contributed by atoms with van der Waals surface area (Å²) in [5.41, 5.74) is 2.16. The maximum atomic E-state index is 3.19. The van der Waals surface area contributed by atoms with Gasteiger partial charge in [-0.1, -0.05) is 48.6 Å². The second-order valence-electron chi connectivity index (χ2n) is 4.12. The van der Waals surface area contributed by atoms with Crippen LogP contribution < -0.4 is 10.6 Å². The second kappa shape index (κ2) is 10.4. The molecule has 21 heavy (non-hydrogen) atoms. The van der Waals surface area contributed by atoms with Gasteiger partial charge < -0.3 is 10.6 Å². The number of nitrogens with one attached hydrogen (secondary N) is 2. The zero-order valence-electron chi connectivity index (χ0n) is 11.6. The third-order valence-corrected chi connectivity index (χ3v) is 2.57. The third-order valence-electron chi connectivity index (χ3n) is 2.57. The van der Waals surface area contributed by atoms with Crippen molar-refractivity contribution in [3.8, 4) is 0 Å². The average molecular weight is 299 g/mol. The lowest BCUT2D eigenvalue weighted by Crippen LogP contribution is -1.85. The van der Waals surface area contributed by atoms with Gasteiger partial charge in [-0.25, -0.2) is 0 Å². The summed E-state index contributed by atoms with van der Waals surface area (Å²) in [7, 11) is 0. The SMILES string of the molecule is C(=CC=CNc1ccccc1)C=CNc1ccccc1.Cl. The Balaban J connectivity index is 0.00000220. The molecule has 2 rings (SSSR count).